The van der Waals surface area contributed by atoms with Gasteiger partial charge in [0.25, 0.3) is 5.91 Å². The van der Waals surface area contributed by atoms with E-state index < -0.39 is 11.2 Å². The third kappa shape index (κ3) is 5.01. The SMILES string of the molecule is O=C1CNC(=O)C2(C/C=C/C[C@H]3COCC[C@H]3N1)CCN(C(=O)c1cccc(F)c1)CC2. The maximum Gasteiger partial charge on any atom is 0.253 e. The number of fused-ring (bicyclic) bond motifs is 1. The average molecular weight is 444 g/mol. The fourth-order valence-electron chi connectivity index (χ4n) is 4.87. The molecule has 3 amide bonds. The Kier molecular flexibility index (Phi) is 6.89. The highest BCUT2D eigenvalue weighted by molar-refractivity contribution is 5.94. The van der Waals surface area contributed by atoms with E-state index in [0.717, 1.165) is 12.8 Å². The Morgan fingerprint density at radius 3 is 2.78 bits per heavy atom. The van der Waals surface area contributed by atoms with Crippen molar-refractivity contribution in [2.75, 3.05) is 32.8 Å². The number of hydrogen-bond acceptors (Lipinski definition) is 4. The van der Waals surface area contributed by atoms with Crippen LogP contribution >= 0.6 is 0 Å². The zero-order chi connectivity index (χ0) is 22.6. The molecule has 1 spiro atoms. The summed E-state index contributed by atoms with van der Waals surface area (Å²) in [5.74, 6) is -0.795. The van der Waals surface area contributed by atoms with Crippen molar-refractivity contribution in [1.82, 2.24) is 15.5 Å². The number of hydrogen-bond donors (Lipinski definition) is 2. The lowest BCUT2D eigenvalue weighted by atomic mass is 9.74. The highest BCUT2D eigenvalue weighted by atomic mass is 19.1. The van der Waals surface area contributed by atoms with Crippen LogP contribution in [-0.2, 0) is 14.3 Å². The fourth-order valence-corrected chi connectivity index (χ4v) is 4.87. The predicted octanol–water partition coefficient (Wildman–Crippen LogP) is 2.04. The summed E-state index contributed by atoms with van der Waals surface area (Å²) >= 11 is 0. The van der Waals surface area contributed by atoms with Gasteiger partial charge in [0.2, 0.25) is 11.8 Å². The Hall–Kier alpha value is -2.74. The minimum absolute atomic E-state index is 0.0552. The van der Waals surface area contributed by atoms with Gasteiger partial charge in [0.05, 0.1) is 18.6 Å². The smallest absolute Gasteiger partial charge is 0.253 e. The molecule has 3 aliphatic rings. The largest absolute Gasteiger partial charge is 0.381 e. The Labute approximate surface area is 187 Å². The van der Waals surface area contributed by atoms with Crippen molar-refractivity contribution in [3.63, 3.8) is 0 Å². The summed E-state index contributed by atoms with van der Waals surface area (Å²) in [6.45, 7) is 2.00. The van der Waals surface area contributed by atoms with Crippen LogP contribution in [0.2, 0.25) is 0 Å². The molecule has 0 saturated carbocycles. The molecule has 0 aromatic heterocycles. The van der Waals surface area contributed by atoms with Crippen LogP contribution in [0.15, 0.2) is 36.4 Å². The number of benzene rings is 1. The summed E-state index contributed by atoms with van der Waals surface area (Å²) in [7, 11) is 0. The number of carbonyl (C=O) groups is 3. The van der Waals surface area contributed by atoms with Crippen molar-refractivity contribution in [2.45, 2.75) is 38.1 Å². The van der Waals surface area contributed by atoms with E-state index in [0.29, 0.717) is 51.1 Å². The van der Waals surface area contributed by atoms with Gasteiger partial charge in [-0.3, -0.25) is 14.4 Å². The van der Waals surface area contributed by atoms with Crippen molar-refractivity contribution < 1.29 is 23.5 Å². The second-order valence-electron chi connectivity index (χ2n) is 8.97. The summed E-state index contributed by atoms with van der Waals surface area (Å²) in [6, 6.07) is 5.72. The number of ether oxygens (including phenoxy) is 1. The van der Waals surface area contributed by atoms with E-state index in [1.165, 1.54) is 18.2 Å². The fraction of sp³-hybridized carbons (Fsp3) is 0.542. The van der Waals surface area contributed by atoms with Crippen LogP contribution in [0.4, 0.5) is 4.39 Å². The molecule has 2 fully saturated rings. The molecule has 2 atom stereocenters. The first kappa shape index (κ1) is 22.5. The van der Waals surface area contributed by atoms with Crippen molar-refractivity contribution >= 4 is 17.7 Å². The predicted molar refractivity (Wildman–Crippen MR) is 116 cm³/mol. The van der Waals surface area contributed by atoms with E-state index in [1.54, 1.807) is 11.0 Å². The van der Waals surface area contributed by atoms with Crippen molar-refractivity contribution in [3.05, 3.63) is 47.8 Å². The van der Waals surface area contributed by atoms with Gasteiger partial charge in [-0.1, -0.05) is 18.2 Å². The summed E-state index contributed by atoms with van der Waals surface area (Å²) in [6.07, 6.45) is 7.23. The van der Waals surface area contributed by atoms with E-state index in [-0.39, 0.29) is 36.2 Å². The number of allylic oxidation sites excluding steroid dienone is 2. The standard InChI is InChI=1S/C24H30FN3O4/c25-19-6-3-5-17(14-19)22(30)28-11-9-24(10-12-28)8-2-1-4-18-16-32-13-7-20(18)27-21(29)15-26-23(24)31/h1-3,5-6,14,18,20H,4,7-13,15-16H2,(H,26,31)(H,27,29)/b2-1+/t18-,20+/m0/s1. The number of rotatable bonds is 1. The molecule has 7 nitrogen and oxygen atoms in total. The molecule has 2 saturated heterocycles. The molecular weight excluding hydrogens is 413 g/mol. The molecule has 3 aliphatic heterocycles. The van der Waals surface area contributed by atoms with E-state index in [9.17, 15) is 18.8 Å². The molecular formula is C24H30FN3O4. The van der Waals surface area contributed by atoms with Crippen molar-refractivity contribution in [2.24, 2.45) is 11.3 Å². The van der Waals surface area contributed by atoms with Crippen molar-refractivity contribution in [3.8, 4) is 0 Å². The summed E-state index contributed by atoms with van der Waals surface area (Å²) < 4.78 is 19.1. The summed E-state index contributed by atoms with van der Waals surface area (Å²) in [4.78, 5) is 40.0. The van der Waals surface area contributed by atoms with Gasteiger partial charge in [-0.25, -0.2) is 4.39 Å². The third-order valence-corrected chi connectivity index (χ3v) is 6.91. The number of nitrogens with zero attached hydrogens (tertiary/aromatic N) is 1. The second kappa shape index (κ2) is 9.81. The molecule has 0 bridgehead atoms. The van der Waals surface area contributed by atoms with Gasteiger partial charge in [0, 0.05) is 37.2 Å². The van der Waals surface area contributed by atoms with Crippen LogP contribution in [0.1, 0.15) is 42.5 Å². The maximum absolute atomic E-state index is 13.5. The molecule has 172 valence electrons. The Morgan fingerprint density at radius 2 is 2.00 bits per heavy atom. The van der Waals surface area contributed by atoms with Crippen LogP contribution in [0.25, 0.3) is 0 Å². The minimum Gasteiger partial charge on any atom is -0.381 e. The molecule has 1 aromatic rings. The Balaban J connectivity index is 1.45. The van der Waals surface area contributed by atoms with Gasteiger partial charge in [0.1, 0.15) is 5.82 Å². The van der Waals surface area contributed by atoms with Gasteiger partial charge in [-0.2, -0.15) is 0 Å². The zero-order valence-electron chi connectivity index (χ0n) is 18.1. The molecule has 1 aromatic carbocycles. The molecule has 8 heteroatoms. The van der Waals surface area contributed by atoms with E-state index in [4.69, 9.17) is 4.74 Å². The van der Waals surface area contributed by atoms with Crippen LogP contribution in [0, 0.1) is 17.2 Å². The topological polar surface area (TPSA) is 87.7 Å². The van der Waals surface area contributed by atoms with Gasteiger partial charge >= 0.3 is 0 Å². The number of piperidine rings is 1. The molecule has 3 heterocycles. The van der Waals surface area contributed by atoms with Gasteiger partial charge in [-0.05, 0) is 50.3 Å². The normalized spacial score (nSPS) is 27.3. The molecule has 2 N–H and O–H groups in total. The van der Waals surface area contributed by atoms with Gasteiger partial charge in [-0.15, -0.1) is 0 Å². The first-order chi connectivity index (χ1) is 15.5. The average Bonchev–Trinajstić information content (AvgIpc) is 2.80. The molecule has 0 aliphatic carbocycles. The number of halogens is 1. The molecule has 0 unspecified atom stereocenters. The first-order valence-corrected chi connectivity index (χ1v) is 11.3. The number of amides is 3. The Bertz CT molecular complexity index is 895. The lowest BCUT2D eigenvalue weighted by Gasteiger charge is -2.40. The van der Waals surface area contributed by atoms with E-state index >= 15 is 0 Å². The minimum atomic E-state index is -0.669. The van der Waals surface area contributed by atoms with Gasteiger partial charge in [0.15, 0.2) is 0 Å². The number of nitrogens with one attached hydrogen (secondary N) is 2. The van der Waals surface area contributed by atoms with Gasteiger partial charge < -0.3 is 20.3 Å². The Morgan fingerprint density at radius 1 is 1.19 bits per heavy atom. The summed E-state index contributed by atoms with van der Waals surface area (Å²) in [5.41, 5.74) is -0.359. The van der Waals surface area contributed by atoms with Crippen LogP contribution in [0.3, 0.4) is 0 Å². The van der Waals surface area contributed by atoms with E-state index in [1.807, 2.05) is 0 Å². The van der Waals surface area contributed by atoms with E-state index in [2.05, 4.69) is 22.8 Å². The second-order valence-corrected chi connectivity index (χ2v) is 8.97. The first-order valence-electron chi connectivity index (χ1n) is 11.3. The molecule has 32 heavy (non-hydrogen) atoms. The quantitative estimate of drug-likeness (QED) is 0.651. The number of likely N-dealkylation sites (tertiary alicyclic amines) is 1. The number of carbonyl (C=O) groups excluding carboxylic acids is 3. The van der Waals surface area contributed by atoms with Crippen LogP contribution < -0.4 is 10.6 Å². The lowest BCUT2D eigenvalue weighted by Crippen LogP contribution is -2.53. The highest BCUT2D eigenvalue weighted by Crippen LogP contribution is 2.37. The maximum atomic E-state index is 13.5. The molecule has 4 rings (SSSR count). The third-order valence-electron chi connectivity index (χ3n) is 6.91. The van der Waals surface area contributed by atoms with Crippen molar-refractivity contribution in [1.29, 1.82) is 0 Å². The highest BCUT2D eigenvalue weighted by Gasteiger charge is 2.42. The molecule has 0 radical (unpaired) electrons. The summed E-state index contributed by atoms with van der Waals surface area (Å²) in [5, 5.41) is 5.86. The monoisotopic (exact) mass is 443 g/mol. The van der Waals surface area contributed by atoms with Crippen LogP contribution in [0.5, 0.6) is 0 Å². The lowest BCUT2D eigenvalue weighted by molar-refractivity contribution is -0.135. The zero-order valence-corrected chi connectivity index (χ0v) is 18.1. The van der Waals surface area contributed by atoms with Crippen LogP contribution in [-0.4, -0.2) is 61.5 Å².